The number of halogens is 2. The van der Waals surface area contributed by atoms with Gasteiger partial charge in [-0.15, -0.1) is 0 Å². The van der Waals surface area contributed by atoms with Crippen LogP contribution in [0.2, 0.25) is 10.0 Å². The van der Waals surface area contributed by atoms with E-state index in [0.29, 0.717) is 21.4 Å². The number of phenolic OH excluding ortho intramolecular Hbond substituents is 1. The Labute approximate surface area is 169 Å². The van der Waals surface area contributed by atoms with Crippen molar-refractivity contribution < 1.29 is 14.8 Å². The van der Waals surface area contributed by atoms with Crippen LogP contribution in [0, 0.1) is 10.1 Å². The molecule has 28 heavy (non-hydrogen) atoms. The Hall–Kier alpha value is -3.29. The number of carbonyl (C=O) groups excluding carboxylic acids is 1. The molecule has 0 saturated carbocycles. The fraction of sp³-hybridized carbons (Fsp3) is 0. The van der Waals surface area contributed by atoms with Crippen molar-refractivity contribution in [1.29, 1.82) is 0 Å². The molecule has 0 spiro atoms. The molecule has 0 fully saturated rings. The molecule has 0 saturated heterocycles. The fourth-order valence-electron chi connectivity index (χ4n) is 2.49. The van der Waals surface area contributed by atoms with Crippen molar-refractivity contribution in [2.75, 3.05) is 10.6 Å². The SMILES string of the molecule is O=C(Nc1ccc(Nc2ccc(Cl)cc2)c(Cl)c1)c1c(O)cccc1[N+](=O)[O-]. The van der Waals surface area contributed by atoms with E-state index in [2.05, 4.69) is 10.6 Å². The Morgan fingerprint density at radius 1 is 1.00 bits per heavy atom. The summed E-state index contributed by atoms with van der Waals surface area (Å²) in [6.45, 7) is 0. The van der Waals surface area contributed by atoms with Crippen LogP contribution in [-0.4, -0.2) is 15.9 Å². The van der Waals surface area contributed by atoms with E-state index in [4.69, 9.17) is 23.2 Å². The van der Waals surface area contributed by atoms with Gasteiger partial charge in [0.25, 0.3) is 11.6 Å². The number of carbonyl (C=O) groups is 1. The van der Waals surface area contributed by atoms with Crippen LogP contribution in [0.3, 0.4) is 0 Å². The molecule has 3 N–H and O–H groups in total. The highest BCUT2D eigenvalue weighted by molar-refractivity contribution is 6.33. The molecule has 0 aromatic heterocycles. The summed E-state index contributed by atoms with van der Waals surface area (Å²) < 4.78 is 0. The maximum Gasteiger partial charge on any atom is 0.285 e. The number of hydrogen-bond acceptors (Lipinski definition) is 5. The van der Waals surface area contributed by atoms with Gasteiger partial charge in [0.2, 0.25) is 0 Å². The van der Waals surface area contributed by atoms with Gasteiger partial charge in [0.05, 0.1) is 15.6 Å². The second kappa shape index (κ2) is 8.16. The molecule has 0 aliphatic rings. The number of nitrogens with one attached hydrogen (secondary N) is 2. The van der Waals surface area contributed by atoms with Gasteiger partial charge < -0.3 is 15.7 Å². The first-order valence-electron chi connectivity index (χ1n) is 7.95. The second-order valence-corrected chi connectivity index (χ2v) is 6.55. The minimum absolute atomic E-state index is 0.314. The van der Waals surface area contributed by atoms with E-state index in [9.17, 15) is 20.0 Å². The van der Waals surface area contributed by atoms with Gasteiger partial charge in [-0.3, -0.25) is 14.9 Å². The van der Waals surface area contributed by atoms with Crippen LogP contribution in [0.4, 0.5) is 22.7 Å². The first kappa shape index (κ1) is 19.5. The molecule has 0 radical (unpaired) electrons. The van der Waals surface area contributed by atoms with E-state index in [0.717, 1.165) is 11.8 Å². The third kappa shape index (κ3) is 4.33. The van der Waals surface area contributed by atoms with Crippen LogP contribution in [0.1, 0.15) is 10.4 Å². The number of aromatic hydroxyl groups is 1. The lowest BCUT2D eigenvalue weighted by Gasteiger charge is -2.11. The number of nitrogens with zero attached hydrogens (tertiary/aromatic N) is 1. The van der Waals surface area contributed by atoms with Gasteiger partial charge in [0.15, 0.2) is 5.56 Å². The molecule has 3 rings (SSSR count). The van der Waals surface area contributed by atoms with Crippen molar-refractivity contribution in [3.05, 3.63) is 86.4 Å². The van der Waals surface area contributed by atoms with Crippen molar-refractivity contribution in [2.24, 2.45) is 0 Å². The number of benzene rings is 3. The Morgan fingerprint density at radius 3 is 2.32 bits per heavy atom. The number of hydrogen-bond donors (Lipinski definition) is 3. The quantitative estimate of drug-likeness (QED) is 0.369. The molecular formula is C19H13Cl2N3O4. The number of phenols is 1. The summed E-state index contributed by atoms with van der Waals surface area (Å²) in [5.74, 6) is -1.31. The lowest BCUT2D eigenvalue weighted by molar-refractivity contribution is -0.385. The molecule has 9 heteroatoms. The number of rotatable bonds is 5. The highest BCUT2D eigenvalue weighted by Gasteiger charge is 2.24. The summed E-state index contributed by atoms with van der Waals surface area (Å²) in [5.41, 5.74) is 0.759. The molecule has 0 aliphatic heterocycles. The lowest BCUT2D eigenvalue weighted by atomic mass is 10.1. The molecule has 0 unspecified atom stereocenters. The van der Waals surface area contributed by atoms with Crippen molar-refractivity contribution >= 4 is 51.9 Å². The van der Waals surface area contributed by atoms with Crippen LogP contribution in [0.25, 0.3) is 0 Å². The van der Waals surface area contributed by atoms with Crippen LogP contribution in [0.15, 0.2) is 60.7 Å². The van der Waals surface area contributed by atoms with Gasteiger partial charge in [0.1, 0.15) is 5.75 Å². The van der Waals surface area contributed by atoms with Gasteiger partial charge in [-0.1, -0.05) is 29.3 Å². The summed E-state index contributed by atoms with van der Waals surface area (Å²) in [6.07, 6.45) is 0. The average Bonchev–Trinajstić information content (AvgIpc) is 2.65. The fourth-order valence-corrected chi connectivity index (χ4v) is 2.84. The predicted molar refractivity (Wildman–Crippen MR) is 109 cm³/mol. The van der Waals surface area contributed by atoms with E-state index in [-0.39, 0.29) is 0 Å². The van der Waals surface area contributed by atoms with E-state index < -0.39 is 27.8 Å². The molecule has 0 bridgehead atoms. The van der Waals surface area contributed by atoms with E-state index in [1.165, 1.54) is 18.2 Å². The number of amides is 1. The maximum atomic E-state index is 12.4. The zero-order valence-electron chi connectivity index (χ0n) is 14.1. The van der Waals surface area contributed by atoms with Crippen molar-refractivity contribution in [2.45, 2.75) is 0 Å². The Kier molecular flexibility index (Phi) is 5.67. The van der Waals surface area contributed by atoms with Crippen molar-refractivity contribution in [3.8, 4) is 5.75 Å². The molecule has 0 atom stereocenters. The summed E-state index contributed by atoms with van der Waals surface area (Å²) in [7, 11) is 0. The standard InChI is InChI=1S/C19H13Cl2N3O4/c20-11-4-6-12(7-5-11)22-15-9-8-13(10-14(15)21)23-19(26)18-16(24(27)28)2-1-3-17(18)25/h1-10,22,25H,(H,23,26). The third-order valence-electron chi connectivity index (χ3n) is 3.79. The summed E-state index contributed by atoms with van der Waals surface area (Å²) in [6, 6.07) is 15.4. The second-order valence-electron chi connectivity index (χ2n) is 5.71. The van der Waals surface area contributed by atoms with E-state index >= 15 is 0 Å². The molecule has 3 aromatic rings. The highest BCUT2D eigenvalue weighted by Crippen LogP contribution is 2.31. The van der Waals surface area contributed by atoms with E-state index in [1.54, 1.807) is 36.4 Å². The zero-order valence-corrected chi connectivity index (χ0v) is 15.7. The molecule has 1 amide bonds. The van der Waals surface area contributed by atoms with Gasteiger partial charge in [-0.25, -0.2) is 0 Å². The highest BCUT2D eigenvalue weighted by atomic mass is 35.5. The van der Waals surface area contributed by atoms with Crippen LogP contribution in [0.5, 0.6) is 5.75 Å². The van der Waals surface area contributed by atoms with Gasteiger partial charge in [0, 0.05) is 22.5 Å². The Morgan fingerprint density at radius 2 is 1.68 bits per heavy atom. The lowest BCUT2D eigenvalue weighted by Crippen LogP contribution is -2.14. The minimum Gasteiger partial charge on any atom is -0.507 e. The van der Waals surface area contributed by atoms with Crippen molar-refractivity contribution in [3.63, 3.8) is 0 Å². The maximum absolute atomic E-state index is 12.4. The van der Waals surface area contributed by atoms with E-state index in [1.807, 2.05) is 0 Å². The monoisotopic (exact) mass is 417 g/mol. The predicted octanol–water partition coefficient (Wildman–Crippen LogP) is 5.60. The van der Waals surface area contributed by atoms with Crippen LogP contribution >= 0.6 is 23.2 Å². The average molecular weight is 418 g/mol. The molecule has 0 heterocycles. The van der Waals surface area contributed by atoms with Crippen LogP contribution < -0.4 is 10.6 Å². The summed E-state index contributed by atoms with van der Waals surface area (Å²) in [4.78, 5) is 22.8. The minimum atomic E-state index is -0.820. The first-order chi connectivity index (χ1) is 13.3. The number of nitro benzene ring substituents is 1. The zero-order chi connectivity index (χ0) is 20.3. The third-order valence-corrected chi connectivity index (χ3v) is 4.36. The summed E-state index contributed by atoms with van der Waals surface area (Å²) in [5, 5.41) is 27.5. The first-order valence-corrected chi connectivity index (χ1v) is 8.70. The molecule has 3 aromatic carbocycles. The van der Waals surface area contributed by atoms with Gasteiger partial charge in [-0.2, -0.15) is 0 Å². The molecule has 7 nitrogen and oxygen atoms in total. The Bertz CT molecular complexity index is 1060. The smallest absolute Gasteiger partial charge is 0.285 e. The van der Waals surface area contributed by atoms with Crippen molar-refractivity contribution in [1.82, 2.24) is 0 Å². The normalized spacial score (nSPS) is 10.4. The summed E-state index contributed by atoms with van der Waals surface area (Å²) >= 11 is 12.1. The molecule has 142 valence electrons. The molecular weight excluding hydrogens is 405 g/mol. The largest absolute Gasteiger partial charge is 0.507 e. The number of nitro groups is 1. The number of anilines is 3. The topological polar surface area (TPSA) is 104 Å². The van der Waals surface area contributed by atoms with Gasteiger partial charge >= 0.3 is 0 Å². The van der Waals surface area contributed by atoms with Gasteiger partial charge in [-0.05, 0) is 48.5 Å². The molecule has 0 aliphatic carbocycles. The Balaban J connectivity index is 1.81. The van der Waals surface area contributed by atoms with Crippen LogP contribution in [-0.2, 0) is 0 Å².